The molecule has 0 heterocycles. The summed E-state index contributed by atoms with van der Waals surface area (Å²) in [4.78, 5) is 23.4. The first-order chi connectivity index (χ1) is 11.4. The average Bonchev–Trinajstić information content (AvgIpc) is 2.54. The van der Waals surface area contributed by atoms with E-state index in [1.807, 2.05) is 0 Å². The van der Waals surface area contributed by atoms with Gasteiger partial charge in [0.2, 0.25) is 5.91 Å². The van der Waals surface area contributed by atoms with Gasteiger partial charge in [0.1, 0.15) is 0 Å². The second-order valence-electron chi connectivity index (χ2n) is 5.01. The lowest BCUT2D eigenvalue weighted by Crippen LogP contribution is -2.06. The number of phenolic OH excluding ortho intramolecular Hbond substituents is 1. The molecule has 2 rings (SSSR count). The maximum atomic E-state index is 12.3. The summed E-state index contributed by atoms with van der Waals surface area (Å²) in [5.74, 6) is -0.0917. The number of amides is 1. The summed E-state index contributed by atoms with van der Waals surface area (Å²) in [5.41, 5.74) is 1.65. The predicted octanol–water partition coefficient (Wildman–Crippen LogP) is 4.02. The van der Waals surface area contributed by atoms with Crippen LogP contribution in [0.1, 0.15) is 22.8 Å². The number of halogens is 1. The fraction of sp³-hybridized carbons (Fsp3) is 0.111. The molecule has 0 aromatic heterocycles. The molecule has 0 aliphatic rings. The zero-order valence-corrected chi connectivity index (χ0v) is 14.8. The van der Waals surface area contributed by atoms with Crippen LogP contribution in [-0.4, -0.2) is 23.9 Å². The number of aromatic hydroxyl groups is 1. The molecule has 0 saturated carbocycles. The molecule has 2 N–H and O–H groups in total. The van der Waals surface area contributed by atoms with Crippen LogP contribution in [-0.2, 0) is 4.79 Å². The molecule has 0 radical (unpaired) electrons. The molecule has 0 bridgehead atoms. The van der Waals surface area contributed by atoms with Gasteiger partial charge in [-0.25, -0.2) is 0 Å². The highest BCUT2D eigenvalue weighted by atomic mass is 79.9. The van der Waals surface area contributed by atoms with Gasteiger partial charge in [-0.05, 0) is 42.0 Å². The summed E-state index contributed by atoms with van der Waals surface area (Å²) in [6, 6.07) is 9.80. The number of carbonyl (C=O) groups is 2. The molecule has 0 spiro atoms. The Bertz CT molecular complexity index is 815. The van der Waals surface area contributed by atoms with Crippen LogP contribution >= 0.6 is 15.9 Å². The van der Waals surface area contributed by atoms with Gasteiger partial charge in [-0.3, -0.25) is 9.59 Å². The van der Waals surface area contributed by atoms with E-state index in [1.165, 1.54) is 26.2 Å². The van der Waals surface area contributed by atoms with Gasteiger partial charge in [0.05, 0.1) is 7.11 Å². The highest BCUT2D eigenvalue weighted by Crippen LogP contribution is 2.33. The van der Waals surface area contributed by atoms with Crippen molar-refractivity contribution < 1.29 is 19.4 Å². The molecule has 0 atom stereocenters. The monoisotopic (exact) mass is 389 g/mol. The zero-order chi connectivity index (χ0) is 17.7. The Labute approximate surface area is 148 Å². The maximum absolute atomic E-state index is 12.3. The third-order valence-corrected chi connectivity index (χ3v) is 3.87. The summed E-state index contributed by atoms with van der Waals surface area (Å²) < 4.78 is 5.70. The number of hydrogen-bond donors (Lipinski definition) is 2. The smallest absolute Gasteiger partial charge is 0.221 e. The molecule has 24 heavy (non-hydrogen) atoms. The van der Waals surface area contributed by atoms with E-state index in [4.69, 9.17) is 4.74 Å². The average molecular weight is 390 g/mol. The molecule has 0 aliphatic heterocycles. The van der Waals surface area contributed by atoms with E-state index >= 15 is 0 Å². The zero-order valence-electron chi connectivity index (χ0n) is 13.2. The fourth-order valence-corrected chi connectivity index (χ4v) is 2.52. The number of carbonyl (C=O) groups excluding carboxylic acids is 2. The Morgan fingerprint density at radius 1 is 1.25 bits per heavy atom. The summed E-state index contributed by atoms with van der Waals surface area (Å²) in [7, 11) is 1.46. The van der Waals surface area contributed by atoms with Gasteiger partial charge < -0.3 is 15.2 Å². The van der Waals surface area contributed by atoms with E-state index in [1.54, 1.807) is 36.4 Å². The van der Waals surface area contributed by atoms with Crippen LogP contribution in [0.4, 0.5) is 5.69 Å². The van der Waals surface area contributed by atoms with Crippen molar-refractivity contribution in [2.24, 2.45) is 0 Å². The topological polar surface area (TPSA) is 75.6 Å². The van der Waals surface area contributed by atoms with Crippen molar-refractivity contribution in [3.63, 3.8) is 0 Å². The van der Waals surface area contributed by atoms with E-state index in [2.05, 4.69) is 21.2 Å². The number of allylic oxidation sites excluding steroid dienone is 1. The van der Waals surface area contributed by atoms with Gasteiger partial charge in [0, 0.05) is 22.6 Å². The largest absolute Gasteiger partial charge is 0.504 e. The minimum Gasteiger partial charge on any atom is -0.504 e. The number of nitrogens with one attached hydrogen (secondary N) is 1. The van der Waals surface area contributed by atoms with Crippen LogP contribution in [0.25, 0.3) is 6.08 Å². The number of methoxy groups -OCH3 is 1. The Balaban J connectivity index is 2.22. The van der Waals surface area contributed by atoms with Crippen LogP contribution in [0.15, 0.2) is 46.9 Å². The first-order valence-electron chi connectivity index (χ1n) is 7.07. The normalized spacial score (nSPS) is 10.6. The number of hydrogen-bond acceptors (Lipinski definition) is 4. The van der Waals surface area contributed by atoms with Gasteiger partial charge in [0.25, 0.3) is 0 Å². The Morgan fingerprint density at radius 3 is 2.67 bits per heavy atom. The van der Waals surface area contributed by atoms with Crippen molar-refractivity contribution in [1.82, 2.24) is 0 Å². The van der Waals surface area contributed by atoms with Crippen molar-refractivity contribution in [3.8, 4) is 11.5 Å². The summed E-state index contributed by atoms with van der Waals surface area (Å²) in [6.07, 6.45) is 3.00. The third-order valence-electron chi connectivity index (χ3n) is 3.18. The highest BCUT2D eigenvalue weighted by molar-refractivity contribution is 9.10. The maximum Gasteiger partial charge on any atom is 0.221 e. The van der Waals surface area contributed by atoms with Gasteiger partial charge in [-0.2, -0.15) is 0 Å². The van der Waals surface area contributed by atoms with E-state index in [0.29, 0.717) is 27.0 Å². The van der Waals surface area contributed by atoms with Gasteiger partial charge in [-0.15, -0.1) is 0 Å². The minimum absolute atomic E-state index is 0.0135. The molecule has 0 unspecified atom stereocenters. The molecule has 0 aliphatic carbocycles. The quantitative estimate of drug-likeness (QED) is 0.598. The van der Waals surface area contributed by atoms with E-state index in [0.717, 1.165) is 0 Å². The first kappa shape index (κ1) is 17.7. The first-order valence-corrected chi connectivity index (χ1v) is 7.86. The minimum atomic E-state index is -0.218. The van der Waals surface area contributed by atoms with Gasteiger partial charge in [-0.1, -0.05) is 28.1 Å². The molecular weight excluding hydrogens is 374 g/mol. The third kappa shape index (κ3) is 4.45. The Hall–Kier alpha value is -2.60. The van der Waals surface area contributed by atoms with E-state index in [9.17, 15) is 14.7 Å². The number of ketones is 1. The lowest BCUT2D eigenvalue weighted by atomic mass is 10.1. The SMILES string of the molecule is COc1cc(Br)c(/C=C/C(=O)c2cccc(NC(C)=O)c2)cc1O. The fourth-order valence-electron chi connectivity index (χ4n) is 2.07. The molecule has 0 fully saturated rings. The standard InChI is InChI=1S/C18H16BrNO4/c1-11(21)20-14-5-3-4-13(8-14)16(22)7-6-12-9-17(23)18(24-2)10-15(12)19/h3-10,23H,1-2H3,(H,20,21)/b7-6+. The van der Waals surface area contributed by atoms with Crippen LogP contribution < -0.4 is 10.1 Å². The summed E-state index contributed by atoms with van der Waals surface area (Å²) in [5, 5.41) is 12.4. The predicted molar refractivity (Wildman–Crippen MR) is 96.5 cm³/mol. The van der Waals surface area contributed by atoms with Crippen molar-refractivity contribution >= 4 is 39.4 Å². The molecule has 5 nitrogen and oxygen atoms in total. The Kier molecular flexibility index (Phi) is 5.76. The lowest BCUT2D eigenvalue weighted by molar-refractivity contribution is -0.114. The van der Waals surface area contributed by atoms with Crippen LogP contribution in [0.3, 0.4) is 0 Å². The summed E-state index contributed by atoms with van der Waals surface area (Å²) >= 11 is 3.37. The molecule has 2 aromatic rings. The molecule has 0 saturated heterocycles. The van der Waals surface area contributed by atoms with Crippen molar-refractivity contribution in [2.45, 2.75) is 6.92 Å². The number of rotatable bonds is 5. The molecule has 6 heteroatoms. The molecular formula is C18H16BrNO4. The highest BCUT2D eigenvalue weighted by Gasteiger charge is 2.08. The second kappa shape index (κ2) is 7.79. The number of phenols is 1. The number of anilines is 1. The molecule has 1 amide bonds. The molecule has 124 valence electrons. The second-order valence-corrected chi connectivity index (χ2v) is 5.86. The van der Waals surface area contributed by atoms with Crippen LogP contribution in [0, 0.1) is 0 Å². The summed E-state index contributed by atoms with van der Waals surface area (Å²) in [6.45, 7) is 1.40. The molecule has 2 aromatic carbocycles. The van der Waals surface area contributed by atoms with Crippen molar-refractivity contribution in [3.05, 3.63) is 58.1 Å². The van der Waals surface area contributed by atoms with Crippen LogP contribution in [0.5, 0.6) is 11.5 Å². The van der Waals surface area contributed by atoms with Crippen LogP contribution in [0.2, 0.25) is 0 Å². The lowest BCUT2D eigenvalue weighted by Gasteiger charge is -2.06. The Morgan fingerprint density at radius 2 is 2.00 bits per heavy atom. The van der Waals surface area contributed by atoms with Crippen molar-refractivity contribution in [1.29, 1.82) is 0 Å². The van der Waals surface area contributed by atoms with Gasteiger partial charge in [0.15, 0.2) is 17.3 Å². The van der Waals surface area contributed by atoms with E-state index < -0.39 is 0 Å². The van der Waals surface area contributed by atoms with E-state index in [-0.39, 0.29) is 17.4 Å². The number of benzene rings is 2. The van der Waals surface area contributed by atoms with Gasteiger partial charge >= 0.3 is 0 Å². The number of ether oxygens (including phenoxy) is 1. The van der Waals surface area contributed by atoms with Crippen molar-refractivity contribution in [2.75, 3.05) is 12.4 Å².